The number of nitrogens with zero attached hydrogens (tertiary/aromatic N) is 3. The lowest BCUT2D eigenvalue weighted by Crippen LogP contribution is -2.47. The Morgan fingerprint density at radius 2 is 1.92 bits per heavy atom. The van der Waals surface area contributed by atoms with Crippen molar-refractivity contribution < 1.29 is 37.1 Å². The van der Waals surface area contributed by atoms with Crippen LogP contribution in [0.15, 0.2) is 35.5 Å². The van der Waals surface area contributed by atoms with E-state index in [0.717, 1.165) is 6.07 Å². The molecular formula is C24H27F3N4O5. The maximum Gasteiger partial charge on any atom is 0.416 e. The molecule has 194 valence electrons. The fraction of sp³-hybridized carbons (Fsp3) is 0.500. The molecule has 0 unspecified atom stereocenters. The average Bonchev–Trinajstić information content (AvgIpc) is 3.17. The smallest absolute Gasteiger partial charge is 0.416 e. The zero-order chi connectivity index (χ0) is 26.2. The van der Waals surface area contributed by atoms with Crippen LogP contribution in [0, 0.1) is 5.92 Å². The van der Waals surface area contributed by atoms with Gasteiger partial charge in [0.2, 0.25) is 5.91 Å². The first-order valence-corrected chi connectivity index (χ1v) is 11.7. The van der Waals surface area contributed by atoms with E-state index >= 15 is 0 Å². The van der Waals surface area contributed by atoms with Crippen molar-refractivity contribution in [3.8, 4) is 0 Å². The van der Waals surface area contributed by atoms with Crippen molar-refractivity contribution in [3.63, 3.8) is 0 Å². The number of rotatable bonds is 5. The number of nitrogens with one attached hydrogen (secondary N) is 1. The van der Waals surface area contributed by atoms with E-state index in [2.05, 4.69) is 5.32 Å². The molecule has 2 atom stereocenters. The number of alkyl halides is 3. The minimum Gasteiger partial charge on any atom is -0.466 e. The highest BCUT2D eigenvalue weighted by molar-refractivity contribution is 6.03. The van der Waals surface area contributed by atoms with Crippen molar-refractivity contribution in [2.75, 3.05) is 39.8 Å². The Hall–Kier alpha value is -3.57. The summed E-state index contributed by atoms with van der Waals surface area (Å²) in [5, 5.41) is 2.50. The van der Waals surface area contributed by atoms with Gasteiger partial charge in [0.1, 0.15) is 6.54 Å². The third-order valence-electron chi connectivity index (χ3n) is 6.73. The van der Waals surface area contributed by atoms with Crippen LogP contribution >= 0.6 is 0 Å². The molecule has 0 bridgehead atoms. The summed E-state index contributed by atoms with van der Waals surface area (Å²) in [6, 6.07) is 2.82. The Balaban J connectivity index is 1.55. The van der Waals surface area contributed by atoms with Crippen molar-refractivity contribution in [1.29, 1.82) is 0 Å². The first kappa shape index (κ1) is 25.5. The molecule has 9 nitrogen and oxygen atoms in total. The van der Waals surface area contributed by atoms with Crippen molar-refractivity contribution >= 4 is 23.8 Å². The number of esters is 1. The fourth-order valence-electron chi connectivity index (χ4n) is 4.91. The fourth-order valence-corrected chi connectivity index (χ4v) is 4.91. The lowest BCUT2D eigenvalue weighted by molar-refractivity contribution is -0.152. The molecule has 3 aliphatic heterocycles. The number of carbonyl (C=O) groups is 4. The number of benzene rings is 1. The summed E-state index contributed by atoms with van der Waals surface area (Å²) in [5.74, 6) is -1.82. The Bertz CT molecular complexity index is 1120. The molecule has 1 saturated heterocycles. The zero-order valence-corrected chi connectivity index (χ0v) is 19.9. The van der Waals surface area contributed by atoms with Crippen LogP contribution in [0.3, 0.4) is 0 Å². The molecule has 0 spiro atoms. The van der Waals surface area contributed by atoms with E-state index < -0.39 is 35.6 Å². The molecule has 0 saturated carbocycles. The predicted molar refractivity (Wildman–Crippen MR) is 120 cm³/mol. The van der Waals surface area contributed by atoms with E-state index in [-0.39, 0.29) is 55.0 Å². The Morgan fingerprint density at radius 1 is 1.19 bits per heavy atom. The van der Waals surface area contributed by atoms with Crippen LogP contribution < -0.4 is 5.32 Å². The maximum absolute atomic E-state index is 13.7. The van der Waals surface area contributed by atoms with Crippen LogP contribution in [0.25, 0.3) is 0 Å². The summed E-state index contributed by atoms with van der Waals surface area (Å²) in [4.78, 5) is 55.0. The molecule has 3 heterocycles. The number of amides is 4. The van der Waals surface area contributed by atoms with Gasteiger partial charge in [-0.15, -0.1) is 0 Å². The van der Waals surface area contributed by atoms with E-state index in [0.29, 0.717) is 19.4 Å². The van der Waals surface area contributed by atoms with E-state index in [4.69, 9.17) is 4.74 Å². The van der Waals surface area contributed by atoms with Crippen LogP contribution in [-0.4, -0.2) is 78.3 Å². The average molecular weight is 508 g/mol. The monoisotopic (exact) mass is 508 g/mol. The predicted octanol–water partition coefficient (Wildman–Crippen LogP) is 2.30. The van der Waals surface area contributed by atoms with Gasteiger partial charge in [-0.25, -0.2) is 4.79 Å². The number of hydrogen-bond acceptors (Lipinski definition) is 5. The Morgan fingerprint density at radius 3 is 2.61 bits per heavy atom. The number of carbonyl (C=O) groups excluding carboxylic acids is 4. The summed E-state index contributed by atoms with van der Waals surface area (Å²) in [7, 11) is 1.42. The first-order valence-electron chi connectivity index (χ1n) is 11.7. The maximum atomic E-state index is 13.7. The normalized spacial score (nSPS) is 22.5. The van der Waals surface area contributed by atoms with E-state index in [1.165, 1.54) is 39.9 Å². The highest BCUT2D eigenvalue weighted by Gasteiger charge is 2.46. The molecule has 1 aromatic rings. The van der Waals surface area contributed by atoms with Gasteiger partial charge >= 0.3 is 18.2 Å². The lowest BCUT2D eigenvalue weighted by Gasteiger charge is -2.32. The van der Waals surface area contributed by atoms with Crippen LogP contribution in [0.4, 0.5) is 18.0 Å². The summed E-state index contributed by atoms with van der Waals surface area (Å²) in [5.41, 5.74) is -0.938. The molecular weight excluding hydrogens is 481 g/mol. The van der Waals surface area contributed by atoms with E-state index in [9.17, 15) is 32.3 Å². The van der Waals surface area contributed by atoms with Crippen LogP contribution in [0.1, 0.15) is 36.9 Å². The highest BCUT2D eigenvalue weighted by atomic mass is 19.4. The van der Waals surface area contributed by atoms with Gasteiger partial charge in [-0.1, -0.05) is 18.2 Å². The molecule has 1 N–H and O–H groups in total. The van der Waals surface area contributed by atoms with Gasteiger partial charge < -0.3 is 19.9 Å². The Kier molecular flexibility index (Phi) is 6.96. The molecule has 0 radical (unpaired) electrons. The summed E-state index contributed by atoms with van der Waals surface area (Å²) in [6.45, 7) is 2.12. The van der Waals surface area contributed by atoms with E-state index in [1.54, 1.807) is 6.92 Å². The third-order valence-corrected chi connectivity index (χ3v) is 6.73. The van der Waals surface area contributed by atoms with Gasteiger partial charge in [-0.05, 0) is 31.4 Å². The van der Waals surface area contributed by atoms with Crippen LogP contribution in [0.5, 0.6) is 0 Å². The molecule has 0 aliphatic carbocycles. The molecule has 0 aromatic heterocycles. The van der Waals surface area contributed by atoms with Gasteiger partial charge in [0.25, 0.3) is 5.91 Å². The number of piperidine rings is 1. The molecule has 36 heavy (non-hydrogen) atoms. The number of likely N-dealkylation sites (N-methyl/N-ethyl adjacent to an activating group) is 1. The van der Waals surface area contributed by atoms with Crippen LogP contribution in [0.2, 0.25) is 0 Å². The summed E-state index contributed by atoms with van der Waals surface area (Å²) < 4.78 is 46.1. The van der Waals surface area contributed by atoms with Crippen molar-refractivity contribution in [1.82, 2.24) is 20.0 Å². The second-order valence-electron chi connectivity index (χ2n) is 8.98. The topological polar surface area (TPSA) is 99.3 Å². The van der Waals surface area contributed by atoms with Gasteiger partial charge in [-0.3, -0.25) is 19.3 Å². The van der Waals surface area contributed by atoms with Gasteiger partial charge in [0, 0.05) is 20.1 Å². The van der Waals surface area contributed by atoms with Gasteiger partial charge in [0.05, 0.1) is 41.9 Å². The molecule has 3 aliphatic rings. The quantitative estimate of drug-likeness (QED) is 0.616. The number of likely N-dealkylation sites (tertiary alicyclic amines) is 1. The first-order chi connectivity index (χ1) is 17.0. The summed E-state index contributed by atoms with van der Waals surface area (Å²) in [6.07, 6.45) is -3.48. The van der Waals surface area contributed by atoms with E-state index in [1.807, 2.05) is 0 Å². The number of hydrogen-bond donors (Lipinski definition) is 1. The number of halogens is 3. The number of urea groups is 1. The molecule has 4 amide bonds. The molecule has 1 aromatic carbocycles. The number of ether oxygens (including phenoxy) is 1. The van der Waals surface area contributed by atoms with Crippen molar-refractivity contribution in [3.05, 3.63) is 46.7 Å². The highest BCUT2D eigenvalue weighted by Crippen LogP contribution is 2.41. The third kappa shape index (κ3) is 4.76. The standard InChI is InChI=1S/C24H27F3N4O5/c1-3-36-22(34)14-7-6-10-30(11-14)18(32)13-31-12-17-19(21(31)33)20(28-23(35)29(17)2)15-8-4-5-9-16(15)24(25,26)27/h4-5,8-9,14,20H,3,6-7,10-13H2,1-2H3,(H,28,35)/t14-,20+/m0/s1. The van der Waals surface area contributed by atoms with Crippen LogP contribution in [-0.2, 0) is 25.3 Å². The molecule has 12 heteroatoms. The molecule has 1 fully saturated rings. The Labute approximate surface area is 205 Å². The summed E-state index contributed by atoms with van der Waals surface area (Å²) >= 11 is 0. The van der Waals surface area contributed by atoms with Crippen molar-refractivity contribution in [2.45, 2.75) is 32.0 Å². The van der Waals surface area contributed by atoms with Gasteiger partial charge in [0.15, 0.2) is 0 Å². The lowest BCUT2D eigenvalue weighted by atomic mass is 9.92. The minimum atomic E-state index is -4.69. The zero-order valence-electron chi connectivity index (χ0n) is 19.9. The van der Waals surface area contributed by atoms with Gasteiger partial charge in [-0.2, -0.15) is 13.2 Å². The minimum absolute atomic E-state index is 0.00430. The second-order valence-corrected chi connectivity index (χ2v) is 8.98. The second kappa shape index (κ2) is 9.82. The molecule has 4 rings (SSSR count). The largest absolute Gasteiger partial charge is 0.466 e. The van der Waals surface area contributed by atoms with Crippen molar-refractivity contribution in [2.24, 2.45) is 5.92 Å². The SMILES string of the molecule is CCOC(=O)[C@H]1CCCN(C(=O)CN2CC3=C(C2=O)[C@@H](c2ccccc2C(F)(F)F)NC(=O)N3C)C1.